The van der Waals surface area contributed by atoms with Crippen LogP contribution < -0.4 is 5.32 Å². The van der Waals surface area contributed by atoms with Crippen molar-refractivity contribution < 1.29 is 4.79 Å². The average Bonchev–Trinajstić information content (AvgIpc) is 3.49. The molecule has 0 fully saturated rings. The zero-order chi connectivity index (χ0) is 22.9. The fourth-order valence-corrected chi connectivity index (χ4v) is 4.01. The minimum absolute atomic E-state index is 0.0966. The molecule has 6 aromatic rings. The maximum Gasteiger partial charge on any atom is 0.244 e. The summed E-state index contributed by atoms with van der Waals surface area (Å²) in [6.07, 6.45) is 5.35. The summed E-state index contributed by atoms with van der Waals surface area (Å²) in [6, 6.07) is 25.2. The van der Waals surface area contributed by atoms with Gasteiger partial charge >= 0.3 is 0 Å². The molecular formula is C26H19N7O. The lowest BCUT2D eigenvalue weighted by molar-refractivity contribution is -0.116. The number of fused-ring (bicyclic) bond motifs is 2. The molecule has 34 heavy (non-hydrogen) atoms. The van der Waals surface area contributed by atoms with E-state index >= 15 is 0 Å². The lowest BCUT2D eigenvalue weighted by Crippen LogP contribution is -2.18. The lowest BCUT2D eigenvalue weighted by atomic mass is 10.1. The highest BCUT2D eigenvalue weighted by Gasteiger charge is 2.12. The van der Waals surface area contributed by atoms with Crippen LogP contribution in [0.3, 0.4) is 0 Å². The number of nitrogens with zero attached hydrogens (tertiary/aromatic N) is 6. The molecular weight excluding hydrogens is 426 g/mol. The molecule has 8 nitrogen and oxygen atoms in total. The van der Waals surface area contributed by atoms with Crippen LogP contribution in [0, 0.1) is 0 Å². The van der Waals surface area contributed by atoms with Gasteiger partial charge in [-0.05, 0) is 53.9 Å². The van der Waals surface area contributed by atoms with Gasteiger partial charge in [-0.15, -0.1) is 10.2 Å². The van der Waals surface area contributed by atoms with Gasteiger partial charge in [0.2, 0.25) is 5.91 Å². The molecule has 4 heterocycles. The molecule has 164 valence electrons. The van der Waals surface area contributed by atoms with E-state index in [1.54, 1.807) is 16.9 Å². The number of pyridine rings is 1. The highest BCUT2D eigenvalue weighted by molar-refractivity contribution is 5.92. The molecule has 0 bridgehead atoms. The van der Waals surface area contributed by atoms with E-state index in [9.17, 15) is 4.79 Å². The third-order valence-corrected chi connectivity index (χ3v) is 5.64. The Balaban J connectivity index is 1.26. The second-order valence-electron chi connectivity index (χ2n) is 7.88. The topological polar surface area (TPSA) is 90.0 Å². The number of carbonyl (C=O) groups is 1. The first kappa shape index (κ1) is 19.8. The maximum absolute atomic E-state index is 12.7. The van der Waals surface area contributed by atoms with Crippen molar-refractivity contribution in [3.8, 4) is 22.6 Å². The molecule has 0 spiro atoms. The van der Waals surface area contributed by atoms with Crippen LogP contribution in [0.4, 0.5) is 5.69 Å². The minimum Gasteiger partial charge on any atom is -0.338 e. The van der Waals surface area contributed by atoms with E-state index in [1.165, 1.54) is 0 Å². The van der Waals surface area contributed by atoms with Gasteiger partial charge < -0.3 is 9.88 Å². The zero-order valence-electron chi connectivity index (χ0n) is 18.0. The predicted octanol–water partition coefficient (Wildman–Crippen LogP) is 4.45. The number of nitrogens with one attached hydrogen (secondary N) is 1. The van der Waals surface area contributed by atoms with E-state index in [0.717, 1.165) is 27.7 Å². The van der Waals surface area contributed by atoms with E-state index in [4.69, 9.17) is 5.10 Å². The summed E-state index contributed by atoms with van der Waals surface area (Å²) in [6.45, 7) is 0.234. The average molecular weight is 445 g/mol. The highest BCUT2D eigenvalue weighted by Crippen LogP contribution is 2.23. The summed E-state index contributed by atoms with van der Waals surface area (Å²) in [5.41, 5.74) is 4.89. The number of para-hydroxylation sites is 1. The van der Waals surface area contributed by atoms with Crippen molar-refractivity contribution in [3.63, 3.8) is 0 Å². The summed E-state index contributed by atoms with van der Waals surface area (Å²) in [5, 5.41) is 17.4. The molecule has 0 saturated heterocycles. The van der Waals surface area contributed by atoms with Crippen molar-refractivity contribution in [2.45, 2.75) is 6.54 Å². The molecule has 0 saturated carbocycles. The first-order valence-electron chi connectivity index (χ1n) is 10.8. The standard InChI is InChI=1S/C26H19N7O/c34-25(17-32-15-12-18-4-1-2-7-23(18)32)28-21-6-3-5-20(16-21)22-8-9-24-29-30-26(33(24)31-22)19-10-13-27-14-11-19/h1-16H,17H2,(H,28,34). The number of aromatic nitrogens is 6. The Hall–Kier alpha value is -4.85. The number of carbonyl (C=O) groups excluding carboxylic acids is 1. The Kier molecular flexibility index (Phi) is 4.81. The van der Waals surface area contributed by atoms with Crippen LogP contribution in [0.2, 0.25) is 0 Å². The van der Waals surface area contributed by atoms with Gasteiger partial charge in [-0.1, -0.05) is 30.3 Å². The molecule has 0 aliphatic heterocycles. The Morgan fingerprint density at radius 2 is 1.74 bits per heavy atom. The number of rotatable bonds is 5. The van der Waals surface area contributed by atoms with Crippen LogP contribution in [-0.2, 0) is 11.3 Å². The third kappa shape index (κ3) is 3.67. The Labute approximate surface area is 194 Å². The first-order chi connectivity index (χ1) is 16.7. The van der Waals surface area contributed by atoms with Crippen molar-refractivity contribution in [3.05, 3.63) is 97.5 Å². The van der Waals surface area contributed by atoms with Crippen molar-refractivity contribution in [2.24, 2.45) is 0 Å². The molecule has 1 amide bonds. The zero-order valence-corrected chi connectivity index (χ0v) is 18.0. The van der Waals surface area contributed by atoms with E-state index in [0.29, 0.717) is 17.2 Å². The molecule has 0 unspecified atom stereocenters. The van der Waals surface area contributed by atoms with Crippen LogP contribution in [0.15, 0.2) is 97.5 Å². The van der Waals surface area contributed by atoms with Crippen LogP contribution in [-0.4, -0.2) is 35.3 Å². The van der Waals surface area contributed by atoms with Gasteiger partial charge in [-0.3, -0.25) is 9.78 Å². The van der Waals surface area contributed by atoms with Crippen LogP contribution in [0.5, 0.6) is 0 Å². The first-order valence-corrected chi connectivity index (χ1v) is 10.8. The van der Waals surface area contributed by atoms with Gasteiger partial charge in [0.15, 0.2) is 11.5 Å². The van der Waals surface area contributed by atoms with E-state index < -0.39 is 0 Å². The fraction of sp³-hybridized carbons (Fsp3) is 0.0385. The fourth-order valence-electron chi connectivity index (χ4n) is 4.01. The molecule has 0 aliphatic carbocycles. The van der Waals surface area contributed by atoms with E-state index in [1.807, 2.05) is 89.6 Å². The van der Waals surface area contributed by atoms with Crippen molar-refractivity contribution in [2.75, 3.05) is 5.32 Å². The quantitative estimate of drug-likeness (QED) is 0.424. The van der Waals surface area contributed by atoms with Gasteiger partial charge in [-0.25, -0.2) is 0 Å². The van der Waals surface area contributed by atoms with Crippen LogP contribution in [0.25, 0.3) is 39.2 Å². The lowest BCUT2D eigenvalue weighted by Gasteiger charge is -2.09. The molecule has 0 atom stereocenters. The Morgan fingerprint density at radius 3 is 2.65 bits per heavy atom. The molecule has 0 radical (unpaired) electrons. The molecule has 1 N–H and O–H groups in total. The van der Waals surface area contributed by atoms with Gasteiger partial charge in [0.25, 0.3) is 0 Å². The molecule has 8 heteroatoms. The van der Waals surface area contributed by atoms with Gasteiger partial charge in [0, 0.05) is 40.9 Å². The number of amides is 1. The highest BCUT2D eigenvalue weighted by atomic mass is 16.1. The molecule has 6 rings (SSSR count). The molecule has 4 aromatic heterocycles. The second kappa shape index (κ2) is 8.25. The van der Waals surface area contributed by atoms with Crippen molar-refractivity contribution in [1.82, 2.24) is 29.4 Å². The van der Waals surface area contributed by atoms with Gasteiger partial charge in [-0.2, -0.15) is 9.61 Å². The summed E-state index contributed by atoms with van der Waals surface area (Å²) in [7, 11) is 0. The normalized spacial score (nSPS) is 11.2. The Bertz CT molecular complexity index is 1640. The van der Waals surface area contributed by atoms with Gasteiger partial charge in [0.1, 0.15) is 6.54 Å². The maximum atomic E-state index is 12.7. The van der Waals surface area contributed by atoms with Crippen LogP contribution >= 0.6 is 0 Å². The Morgan fingerprint density at radius 1 is 0.853 bits per heavy atom. The van der Waals surface area contributed by atoms with E-state index in [-0.39, 0.29) is 12.5 Å². The molecule has 0 aliphatic rings. The third-order valence-electron chi connectivity index (χ3n) is 5.64. The smallest absolute Gasteiger partial charge is 0.244 e. The monoisotopic (exact) mass is 445 g/mol. The molecule has 2 aromatic carbocycles. The van der Waals surface area contributed by atoms with Crippen molar-refractivity contribution >= 4 is 28.1 Å². The number of benzene rings is 2. The number of anilines is 1. The predicted molar refractivity (Wildman–Crippen MR) is 130 cm³/mol. The largest absolute Gasteiger partial charge is 0.338 e. The SMILES string of the molecule is O=C(Cn1ccc2ccccc21)Nc1cccc(-c2ccc3nnc(-c4ccncc4)n3n2)c1. The minimum atomic E-state index is -0.0966. The number of hydrogen-bond donors (Lipinski definition) is 1. The summed E-state index contributed by atoms with van der Waals surface area (Å²) < 4.78 is 3.66. The summed E-state index contributed by atoms with van der Waals surface area (Å²) in [4.78, 5) is 16.8. The van der Waals surface area contributed by atoms with Crippen LogP contribution in [0.1, 0.15) is 0 Å². The number of hydrogen-bond acceptors (Lipinski definition) is 5. The van der Waals surface area contributed by atoms with Crippen molar-refractivity contribution in [1.29, 1.82) is 0 Å². The summed E-state index contributed by atoms with van der Waals surface area (Å²) >= 11 is 0. The van der Waals surface area contributed by atoms with Gasteiger partial charge in [0.05, 0.1) is 5.69 Å². The van der Waals surface area contributed by atoms with E-state index in [2.05, 4.69) is 20.5 Å². The second-order valence-corrected chi connectivity index (χ2v) is 7.88. The summed E-state index contributed by atoms with van der Waals surface area (Å²) in [5.74, 6) is 0.545.